The van der Waals surface area contributed by atoms with E-state index in [1.54, 1.807) is 18.9 Å². The minimum Gasteiger partial charge on any atom is -0.494 e. The van der Waals surface area contributed by atoms with Gasteiger partial charge in [0.05, 0.1) is 12.8 Å². The molecule has 4 rings (SSSR count). The topological polar surface area (TPSA) is 46.0 Å². The van der Waals surface area contributed by atoms with Crippen molar-refractivity contribution in [1.29, 1.82) is 0 Å². The van der Waals surface area contributed by atoms with Crippen LogP contribution in [0.2, 0.25) is 0 Å². The Bertz CT molecular complexity index is 976. The van der Waals surface area contributed by atoms with Gasteiger partial charge in [-0.15, -0.1) is 0 Å². The zero-order valence-electron chi connectivity index (χ0n) is 13.8. The Morgan fingerprint density at radius 3 is 2.64 bits per heavy atom. The number of amidine groups is 1. The molecule has 0 saturated heterocycles. The molecule has 0 radical (unpaired) electrons. The van der Waals surface area contributed by atoms with Crippen LogP contribution in [0.15, 0.2) is 76.8 Å². The number of nitrogens with one attached hydrogen (secondary N) is 1. The summed E-state index contributed by atoms with van der Waals surface area (Å²) >= 11 is 1.64. The van der Waals surface area contributed by atoms with Crippen LogP contribution in [-0.2, 0) is 0 Å². The summed E-state index contributed by atoms with van der Waals surface area (Å²) in [5.74, 6) is 1.52. The molecule has 0 atom stereocenters. The fraction of sp³-hybridized carbons (Fsp3) is 0.100. The lowest BCUT2D eigenvalue weighted by molar-refractivity contribution is 0.416. The summed E-state index contributed by atoms with van der Waals surface area (Å²) in [6.07, 6.45) is 0. The quantitative estimate of drug-likeness (QED) is 0.754. The average Bonchev–Trinajstić information content (AvgIpc) is 2.69. The number of hydrogen-bond acceptors (Lipinski definition) is 4. The van der Waals surface area contributed by atoms with E-state index < -0.39 is 0 Å². The van der Waals surface area contributed by atoms with Gasteiger partial charge in [-0.2, -0.15) is 5.10 Å². The lowest BCUT2D eigenvalue weighted by Crippen LogP contribution is -2.25. The number of rotatable bonds is 3. The van der Waals surface area contributed by atoms with E-state index in [-0.39, 0.29) is 0 Å². The number of hydrogen-bond donors (Lipinski definition) is 1. The minimum absolute atomic E-state index is 0.751. The van der Waals surface area contributed by atoms with Crippen LogP contribution in [0.3, 0.4) is 0 Å². The van der Waals surface area contributed by atoms with E-state index >= 15 is 0 Å². The van der Waals surface area contributed by atoms with Gasteiger partial charge in [0.1, 0.15) is 11.4 Å². The molecular weight excluding hydrogens is 330 g/mol. The van der Waals surface area contributed by atoms with Gasteiger partial charge in [-0.25, -0.2) is 4.99 Å². The molecule has 1 heterocycles. The maximum absolute atomic E-state index is 5.35. The molecular formula is C20H17N3OS. The molecule has 0 fully saturated rings. The summed E-state index contributed by atoms with van der Waals surface area (Å²) in [6.45, 7) is 0. The Kier molecular flexibility index (Phi) is 4.39. The van der Waals surface area contributed by atoms with E-state index in [9.17, 15) is 0 Å². The number of hydrazone groups is 1. The molecule has 4 nitrogen and oxygen atoms in total. The molecule has 0 saturated carbocycles. The first kappa shape index (κ1) is 15.7. The predicted octanol–water partition coefficient (Wildman–Crippen LogP) is 4.58. The van der Waals surface area contributed by atoms with E-state index in [4.69, 9.17) is 4.74 Å². The summed E-state index contributed by atoms with van der Waals surface area (Å²) in [4.78, 5) is 4.62. The van der Waals surface area contributed by atoms with Gasteiger partial charge in [-0.05, 0) is 22.9 Å². The van der Waals surface area contributed by atoms with Gasteiger partial charge >= 0.3 is 0 Å². The van der Waals surface area contributed by atoms with E-state index in [1.165, 1.54) is 10.8 Å². The Morgan fingerprint density at radius 2 is 1.80 bits per heavy atom. The van der Waals surface area contributed by atoms with Crippen LogP contribution in [0, 0.1) is 0 Å². The van der Waals surface area contributed by atoms with Crippen molar-refractivity contribution in [2.75, 3.05) is 12.9 Å². The van der Waals surface area contributed by atoms with Crippen LogP contribution in [0.4, 0.5) is 5.69 Å². The summed E-state index contributed by atoms with van der Waals surface area (Å²) < 4.78 is 5.35. The standard InChI is InChI=1S/C20H17N3OS/c1-24-19-12-5-4-11-17(19)21-20-23-22-18(13-25-20)16-10-6-8-14-7-2-3-9-15(14)16/h2-12H,13H2,1H3,(H,21,23). The summed E-state index contributed by atoms with van der Waals surface area (Å²) in [6, 6.07) is 22.4. The number of nitrogens with zero attached hydrogens (tertiary/aromatic N) is 2. The van der Waals surface area contributed by atoms with Crippen molar-refractivity contribution >= 4 is 39.1 Å². The number of methoxy groups -OCH3 is 1. The summed E-state index contributed by atoms with van der Waals surface area (Å²) in [5, 5.41) is 7.77. The summed E-state index contributed by atoms with van der Waals surface area (Å²) in [7, 11) is 1.65. The minimum atomic E-state index is 0.751. The third kappa shape index (κ3) is 3.23. The molecule has 3 aromatic rings. The van der Waals surface area contributed by atoms with Gasteiger partial charge in [0, 0.05) is 11.3 Å². The lowest BCUT2D eigenvalue weighted by atomic mass is 10.0. The third-order valence-corrected chi connectivity index (χ3v) is 4.91. The molecule has 25 heavy (non-hydrogen) atoms. The molecule has 0 aromatic heterocycles. The molecule has 1 aliphatic rings. The van der Waals surface area contributed by atoms with Crippen LogP contribution in [-0.4, -0.2) is 23.7 Å². The second kappa shape index (κ2) is 6.99. The number of ether oxygens (including phenoxy) is 1. The normalized spacial score (nSPS) is 15.7. The number of thioether (sulfide) groups is 1. The van der Waals surface area contributed by atoms with Gasteiger partial charge in [-0.1, -0.05) is 66.4 Å². The van der Waals surface area contributed by atoms with Crippen LogP contribution in [0.25, 0.3) is 10.8 Å². The van der Waals surface area contributed by atoms with E-state index in [0.29, 0.717) is 0 Å². The summed E-state index contributed by atoms with van der Waals surface area (Å²) in [5.41, 5.74) is 6.06. The first-order chi connectivity index (χ1) is 12.3. The molecule has 1 N–H and O–H groups in total. The van der Waals surface area contributed by atoms with Crippen LogP contribution >= 0.6 is 11.8 Å². The van der Waals surface area contributed by atoms with Gasteiger partial charge in [-0.3, -0.25) is 5.43 Å². The van der Waals surface area contributed by atoms with Gasteiger partial charge in [0.2, 0.25) is 0 Å². The van der Waals surface area contributed by atoms with Crippen molar-refractivity contribution in [2.24, 2.45) is 10.1 Å². The molecule has 0 amide bonds. The SMILES string of the molecule is COc1ccccc1N=C1NN=C(c2cccc3ccccc23)CS1. The number of aliphatic imine (C=N–C) groups is 1. The van der Waals surface area contributed by atoms with Crippen LogP contribution in [0.5, 0.6) is 5.75 Å². The van der Waals surface area contributed by atoms with Gasteiger partial charge < -0.3 is 4.74 Å². The fourth-order valence-corrected chi connectivity index (χ4v) is 3.59. The van der Waals surface area contributed by atoms with E-state index in [1.807, 2.05) is 24.3 Å². The highest BCUT2D eigenvalue weighted by Gasteiger charge is 2.15. The highest BCUT2D eigenvalue weighted by atomic mass is 32.2. The van der Waals surface area contributed by atoms with Crippen LogP contribution in [0.1, 0.15) is 5.56 Å². The second-order valence-electron chi connectivity index (χ2n) is 5.57. The molecule has 0 aliphatic carbocycles. The van der Waals surface area contributed by atoms with E-state index in [0.717, 1.165) is 33.6 Å². The molecule has 124 valence electrons. The number of benzene rings is 3. The molecule has 3 aromatic carbocycles. The molecule has 0 spiro atoms. The second-order valence-corrected chi connectivity index (χ2v) is 6.54. The zero-order valence-corrected chi connectivity index (χ0v) is 14.6. The maximum Gasteiger partial charge on any atom is 0.182 e. The Balaban J connectivity index is 1.63. The van der Waals surface area contributed by atoms with E-state index in [2.05, 4.69) is 58.0 Å². The molecule has 0 unspecified atom stereocenters. The van der Waals surface area contributed by atoms with Crippen LogP contribution < -0.4 is 10.2 Å². The van der Waals surface area contributed by atoms with Gasteiger partial charge in [0.15, 0.2) is 5.17 Å². The first-order valence-electron chi connectivity index (χ1n) is 8.00. The van der Waals surface area contributed by atoms with Crippen molar-refractivity contribution in [3.8, 4) is 5.75 Å². The predicted molar refractivity (Wildman–Crippen MR) is 106 cm³/mol. The van der Waals surface area contributed by atoms with Crippen molar-refractivity contribution in [3.05, 3.63) is 72.3 Å². The molecule has 0 bridgehead atoms. The Morgan fingerprint density at radius 1 is 1.00 bits per heavy atom. The van der Waals surface area contributed by atoms with Crippen molar-refractivity contribution in [3.63, 3.8) is 0 Å². The average molecular weight is 347 g/mol. The highest BCUT2D eigenvalue weighted by molar-refractivity contribution is 8.14. The third-order valence-electron chi connectivity index (χ3n) is 4.04. The van der Waals surface area contributed by atoms with Gasteiger partial charge in [0.25, 0.3) is 0 Å². The Hall–Kier alpha value is -2.79. The largest absolute Gasteiger partial charge is 0.494 e. The number of fused-ring (bicyclic) bond motifs is 1. The Labute approximate surface area is 150 Å². The molecule has 5 heteroatoms. The highest BCUT2D eigenvalue weighted by Crippen LogP contribution is 2.28. The maximum atomic E-state index is 5.35. The first-order valence-corrected chi connectivity index (χ1v) is 8.99. The van der Waals surface area contributed by atoms with Crippen molar-refractivity contribution in [1.82, 2.24) is 5.43 Å². The fourth-order valence-electron chi connectivity index (χ4n) is 2.82. The van der Waals surface area contributed by atoms with Crippen molar-refractivity contribution < 1.29 is 4.74 Å². The van der Waals surface area contributed by atoms with Crippen molar-refractivity contribution in [2.45, 2.75) is 0 Å². The zero-order chi connectivity index (χ0) is 17.1. The molecule has 1 aliphatic heterocycles. The number of para-hydroxylation sites is 2. The lowest BCUT2D eigenvalue weighted by Gasteiger charge is -2.16. The monoisotopic (exact) mass is 347 g/mol. The smallest absolute Gasteiger partial charge is 0.182 e.